The zero-order chi connectivity index (χ0) is 15.9. The van der Waals surface area contributed by atoms with E-state index in [0.29, 0.717) is 11.1 Å². The molecule has 112 valence electrons. The van der Waals surface area contributed by atoms with Crippen LogP contribution in [0.5, 0.6) is 0 Å². The fraction of sp³-hybridized carbons (Fsp3) is 0.222. The van der Waals surface area contributed by atoms with Crippen LogP contribution in [0.2, 0.25) is 0 Å². The summed E-state index contributed by atoms with van der Waals surface area (Å²) in [6.07, 6.45) is 0. The average molecular weight is 294 g/mol. The molecule has 2 N–H and O–H groups in total. The highest BCUT2D eigenvalue weighted by Crippen LogP contribution is 2.26. The lowest BCUT2D eigenvalue weighted by Gasteiger charge is -2.19. The van der Waals surface area contributed by atoms with Crippen molar-refractivity contribution in [2.75, 3.05) is 5.32 Å². The van der Waals surface area contributed by atoms with Gasteiger partial charge in [0.1, 0.15) is 0 Å². The van der Waals surface area contributed by atoms with Crippen molar-refractivity contribution in [1.29, 1.82) is 0 Å². The summed E-state index contributed by atoms with van der Waals surface area (Å²) in [4.78, 5) is 23.3. The van der Waals surface area contributed by atoms with Gasteiger partial charge in [0.05, 0.1) is 11.1 Å². The van der Waals surface area contributed by atoms with Crippen molar-refractivity contribution in [2.45, 2.75) is 26.8 Å². The van der Waals surface area contributed by atoms with Crippen LogP contribution in [-0.2, 0) is 0 Å². The number of imide groups is 1. The molecule has 1 unspecified atom stereocenters. The summed E-state index contributed by atoms with van der Waals surface area (Å²) in [5, 5.41) is 5.71. The Bertz CT molecular complexity index is 781. The van der Waals surface area contributed by atoms with Crippen molar-refractivity contribution in [3.05, 3.63) is 64.2 Å². The van der Waals surface area contributed by atoms with Gasteiger partial charge in [-0.3, -0.25) is 14.9 Å². The van der Waals surface area contributed by atoms with Gasteiger partial charge in [0.15, 0.2) is 0 Å². The first kappa shape index (κ1) is 14.3. The Balaban J connectivity index is 1.88. The van der Waals surface area contributed by atoms with Crippen LogP contribution in [0.4, 0.5) is 5.69 Å². The van der Waals surface area contributed by atoms with Crippen LogP contribution in [0.15, 0.2) is 36.4 Å². The van der Waals surface area contributed by atoms with E-state index in [2.05, 4.69) is 49.6 Å². The third-order valence-electron chi connectivity index (χ3n) is 4.02. The van der Waals surface area contributed by atoms with Crippen LogP contribution in [0.3, 0.4) is 0 Å². The zero-order valence-electron chi connectivity index (χ0n) is 12.9. The van der Waals surface area contributed by atoms with Crippen LogP contribution in [0, 0.1) is 13.8 Å². The lowest BCUT2D eigenvalue weighted by molar-refractivity contribution is 0.0879. The van der Waals surface area contributed by atoms with Gasteiger partial charge in [0, 0.05) is 11.7 Å². The summed E-state index contributed by atoms with van der Waals surface area (Å²) in [7, 11) is 0. The molecule has 0 spiro atoms. The highest BCUT2D eigenvalue weighted by atomic mass is 16.2. The number of hydrogen-bond acceptors (Lipinski definition) is 3. The minimum absolute atomic E-state index is 0.109. The topological polar surface area (TPSA) is 58.2 Å². The molecule has 0 saturated heterocycles. The fourth-order valence-electron chi connectivity index (χ4n) is 2.81. The first-order valence-electron chi connectivity index (χ1n) is 7.29. The number of amides is 2. The highest BCUT2D eigenvalue weighted by molar-refractivity contribution is 6.21. The number of anilines is 1. The molecule has 22 heavy (non-hydrogen) atoms. The van der Waals surface area contributed by atoms with E-state index in [4.69, 9.17) is 0 Å². The molecular weight excluding hydrogens is 276 g/mol. The van der Waals surface area contributed by atoms with E-state index >= 15 is 0 Å². The quantitative estimate of drug-likeness (QED) is 0.853. The maximum Gasteiger partial charge on any atom is 0.259 e. The second kappa shape index (κ2) is 5.30. The maximum atomic E-state index is 11.7. The van der Waals surface area contributed by atoms with E-state index < -0.39 is 0 Å². The molecule has 0 bridgehead atoms. The number of hydrogen-bond donors (Lipinski definition) is 2. The van der Waals surface area contributed by atoms with Gasteiger partial charge >= 0.3 is 0 Å². The van der Waals surface area contributed by atoms with Crippen molar-refractivity contribution in [3.8, 4) is 0 Å². The number of fused-ring (bicyclic) bond motifs is 1. The summed E-state index contributed by atoms with van der Waals surface area (Å²) in [6.45, 7) is 6.24. The number of benzene rings is 2. The van der Waals surface area contributed by atoms with Gasteiger partial charge in [0.2, 0.25) is 0 Å². The maximum absolute atomic E-state index is 11.7. The summed E-state index contributed by atoms with van der Waals surface area (Å²) in [5.41, 5.74) is 5.36. The Morgan fingerprint density at radius 3 is 2.45 bits per heavy atom. The Hall–Kier alpha value is -2.62. The van der Waals surface area contributed by atoms with Gasteiger partial charge < -0.3 is 5.32 Å². The lowest BCUT2D eigenvalue weighted by Crippen LogP contribution is -2.19. The summed E-state index contributed by atoms with van der Waals surface area (Å²) < 4.78 is 0. The zero-order valence-corrected chi connectivity index (χ0v) is 12.9. The Morgan fingerprint density at radius 2 is 1.68 bits per heavy atom. The first-order valence-corrected chi connectivity index (χ1v) is 7.29. The molecule has 2 amide bonds. The van der Waals surface area contributed by atoms with Crippen LogP contribution >= 0.6 is 0 Å². The minimum atomic E-state index is -0.331. The second-order valence-electron chi connectivity index (χ2n) is 5.77. The standard InChI is InChI=1S/C18H18N2O2/c1-10-4-5-11(2)15(8-10)12(3)19-13-6-7-14-16(9-13)18(22)20-17(14)21/h4-9,12,19H,1-3H3,(H,20,21,22). The molecule has 0 saturated carbocycles. The van der Waals surface area contributed by atoms with E-state index in [0.717, 1.165) is 5.69 Å². The molecule has 1 atom stereocenters. The van der Waals surface area contributed by atoms with E-state index in [-0.39, 0.29) is 17.9 Å². The van der Waals surface area contributed by atoms with Gasteiger partial charge in [0.25, 0.3) is 11.8 Å². The van der Waals surface area contributed by atoms with Crippen LogP contribution in [0.1, 0.15) is 50.4 Å². The van der Waals surface area contributed by atoms with Crippen molar-refractivity contribution in [2.24, 2.45) is 0 Å². The number of carbonyl (C=O) groups is 2. The number of aryl methyl sites for hydroxylation is 2. The molecule has 0 aliphatic carbocycles. The summed E-state index contributed by atoms with van der Waals surface area (Å²) >= 11 is 0. The Kier molecular flexibility index (Phi) is 3.45. The third kappa shape index (κ3) is 2.48. The van der Waals surface area contributed by atoms with E-state index in [9.17, 15) is 9.59 Å². The predicted octanol–water partition coefficient (Wildman–Crippen LogP) is 3.36. The molecule has 1 aliphatic rings. The van der Waals surface area contributed by atoms with E-state index in [1.165, 1.54) is 16.7 Å². The SMILES string of the molecule is Cc1ccc(C)c(C(C)Nc2ccc3c(c2)C(=O)NC3=O)c1. The van der Waals surface area contributed by atoms with Gasteiger partial charge in [-0.1, -0.05) is 23.8 Å². The molecule has 1 aliphatic heterocycles. The molecule has 4 heteroatoms. The monoisotopic (exact) mass is 294 g/mol. The lowest BCUT2D eigenvalue weighted by atomic mass is 9.99. The molecule has 0 fully saturated rings. The molecule has 4 nitrogen and oxygen atoms in total. The molecule has 2 aromatic carbocycles. The molecule has 0 aromatic heterocycles. The summed E-state index contributed by atoms with van der Waals surface area (Å²) in [5.74, 6) is -0.655. The molecular formula is C18H18N2O2. The molecule has 1 heterocycles. The largest absolute Gasteiger partial charge is 0.378 e. The van der Waals surface area contributed by atoms with Crippen molar-refractivity contribution < 1.29 is 9.59 Å². The van der Waals surface area contributed by atoms with Gasteiger partial charge in [-0.2, -0.15) is 0 Å². The average Bonchev–Trinajstić information content (AvgIpc) is 2.76. The van der Waals surface area contributed by atoms with Crippen molar-refractivity contribution in [3.63, 3.8) is 0 Å². The summed E-state index contributed by atoms with van der Waals surface area (Å²) in [6, 6.07) is 11.7. The van der Waals surface area contributed by atoms with Crippen molar-refractivity contribution >= 4 is 17.5 Å². The Labute approximate surface area is 129 Å². The molecule has 0 radical (unpaired) electrons. The first-order chi connectivity index (χ1) is 10.5. The van der Waals surface area contributed by atoms with E-state index in [1.807, 2.05) is 6.07 Å². The minimum Gasteiger partial charge on any atom is -0.378 e. The van der Waals surface area contributed by atoms with Crippen LogP contribution in [0.25, 0.3) is 0 Å². The van der Waals surface area contributed by atoms with E-state index in [1.54, 1.807) is 12.1 Å². The van der Waals surface area contributed by atoms with Crippen molar-refractivity contribution in [1.82, 2.24) is 5.32 Å². The van der Waals surface area contributed by atoms with Crippen LogP contribution < -0.4 is 10.6 Å². The number of carbonyl (C=O) groups excluding carboxylic acids is 2. The second-order valence-corrected chi connectivity index (χ2v) is 5.77. The highest BCUT2D eigenvalue weighted by Gasteiger charge is 2.26. The van der Waals surface area contributed by atoms with Crippen LogP contribution in [-0.4, -0.2) is 11.8 Å². The van der Waals surface area contributed by atoms with Gasteiger partial charge in [-0.25, -0.2) is 0 Å². The number of rotatable bonds is 3. The third-order valence-corrected chi connectivity index (χ3v) is 4.02. The molecule has 3 rings (SSSR count). The Morgan fingerprint density at radius 1 is 0.955 bits per heavy atom. The fourth-order valence-corrected chi connectivity index (χ4v) is 2.81. The van der Waals surface area contributed by atoms with Gasteiger partial charge in [-0.05, 0) is 50.1 Å². The molecule has 2 aromatic rings. The predicted molar refractivity (Wildman–Crippen MR) is 86.2 cm³/mol. The smallest absolute Gasteiger partial charge is 0.259 e. The van der Waals surface area contributed by atoms with Gasteiger partial charge in [-0.15, -0.1) is 0 Å². The number of nitrogens with one attached hydrogen (secondary N) is 2. The normalized spacial score (nSPS) is 14.5.